The van der Waals surface area contributed by atoms with Crippen molar-refractivity contribution in [2.45, 2.75) is 230 Å². The van der Waals surface area contributed by atoms with Gasteiger partial charge in [0.1, 0.15) is 36.8 Å². The zero-order valence-electron chi connectivity index (χ0n) is 38.5. The van der Waals surface area contributed by atoms with Crippen LogP contribution in [0.4, 0.5) is 0 Å². The third kappa shape index (κ3) is 33.2. The van der Waals surface area contributed by atoms with Gasteiger partial charge in [-0.3, -0.25) is 14.1 Å². The van der Waals surface area contributed by atoms with Crippen LogP contribution in [0.1, 0.15) is 194 Å². The molecule has 1 aliphatic rings. The van der Waals surface area contributed by atoms with Crippen LogP contribution in [0.3, 0.4) is 0 Å². The van der Waals surface area contributed by atoms with E-state index in [9.17, 15) is 37.9 Å². The SMILES string of the molecule is CCCCC/C=C/C/C=C/CCCCCCCCCC(=O)O[C@H](COC(=O)CCC/C=C/C/C=C/CCCCCCCCCCC)CO[C@H]1O[C@H](CS(=O)(=O)O)[C@@H](O)C(O)C1O. The third-order valence-electron chi connectivity index (χ3n) is 10.9. The van der Waals surface area contributed by atoms with Gasteiger partial charge in [-0.05, 0) is 70.6 Å². The van der Waals surface area contributed by atoms with E-state index in [0.717, 1.165) is 57.8 Å². The lowest BCUT2D eigenvalue weighted by molar-refractivity contribution is -0.297. The predicted octanol–water partition coefficient (Wildman–Crippen LogP) is 10.3. The molecule has 0 aromatic rings. The summed E-state index contributed by atoms with van der Waals surface area (Å²) in [4.78, 5) is 25.4. The molecule has 360 valence electrons. The second-order valence-corrected chi connectivity index (χ2v) is 18.3. The zero-order valence-corrected chi connectivity index (χ0v) is 39.3. The van der Waals surface area contributed by atoms with Crippen LogP contribution in [0.25, 0.3) is 0 Å². The van der Waals surface area contributed by atoms with E-state index in [1.807, 2.05) is 6.08 Å². The van der Waals surface area contributed by atoms with Gasteiger partial charge in [0.25, 0.3) is 10.1 Å². The van der Waals surface area contributed by atoms with Gasteiger partial charge in [-0.15, -0.1) is 0 Å². The molecule has 0 spiro atoms. The van der Waals surface area contributed by atoms with Crippen molar-refractivity contribution in [1.82, 2.24) is 0 Å². The predicted molar refractivity (Wildman–Crippen MR) is 247 cm³/mol. The van der Waals surface area contributed by atoms with Crippen molar-refractivity contribution in [1.29, 1.82) is 0 Å². The highest BCUT2D eigenvalue weighted by molar-refractivity contribution is 7.85. The molecule has 0 amide bonds. The first-order valence-corrected chi connectivity index (χ1v) is 25.8. The highest BCUT2D eigenvalue weighted by Gasteiger charge is 2.46. The maximum Gasteiger partial charge on any atom is 0.306 e. The normalized spacial score (nSPS) is 20.3. The summed E-state index contributed by atoms with van der Waals surface area (Å²) in [5.74, 6) is -2.05. The molecule has 1 aliphatic heterocycles. The Bertz CT molecular complexity index is 1330. The molecule has 4 N–H and O–H groups in total. The summed E-state index contributed by atoms with van der Waals surface area (Å²) in [6, 6.07) is 0. The van der Waals surface area contributed by atoms with Gasteiger partial charge < -0.3 is 34.3 Å². The second kappa shape index (κ2) is 39.0. The van der Waals surface area contributed by atoms with Crippen molar-refractivity contribution in [2.75, 3.05) is 19.0 Å². The number of carbonyl (C=O) groups is 2. The molecular weight excluding hydrogens is 813 g/mol. The molecule has 1 rings (SSSR count). The van der Waals surface area contributed by atoms with E-state index in [0.29, 0.717) is 19.3 Å². The number of unbranched alkanes of at least 4 members (excludes halogenated alkanes) is 20. The number of esters is 2. The molecule has 13 heteroatoms. The number of hydrogen-bond acceptors (Lipinski definition) is 11. The topological polar surface area (TPSA) is 186 Å². The van der Waals surface area contributed by atoms with Crippen LogP contribution in [0.5, 0.6) is 0 Å². The number of rotatable bonds is 40. The Morgan fingerprint density at radius 3 is 1.50 bits per heavy atom. The van der Waals surface area contributed by atoms with Crippen molar-refractivity contribution in [3.8, 4) is 0 Å². The van der Waals surface area contributed by atoms with E-state index in [2.05, 4.69) is 56.4 Å². The van der Waals surface area contributed by atoms with Crippen LogP contribution in [0, 0.1) is 0 Å². The van der Waals surface area contributed by atoms with Gasteiger partial charge in [0.05, 0.1) is 6.61 Å². The minimum Gasteiger partial charge on any atom is -0.462 e. The summed E-state index contributed by atoms with van der Waals surface area (Å²) < 4.78 is 54.1. The monoisotopic (exact) mass is 899 g/mol. The molecule has 0 saturated carbocycles. The molecule has 0 aromatic carbocycles. The summed E-state index contributed by atoms with van der Waals surface area (Å²) >= 11 is 0. The highest BCUT2D eigenvalue weighted by Crippen LogP contribution is 2.24. The van der Waals surface area contributed by atoms with Crippen LogP contribution in [-0.4, -0.2) is 96.0 Å². The van der Waals surface area contributed by atoms with E-state index in [1.54, 1.807) is 0 Å². The number of allylic oxidation sites excluding steroid dienone is 8. The number of carbonyl (C=O) groups excluding carboxylic acids is 2. The minimum atomic E-state index is -4.61. The van der Waals surface area contributed by atoms with Gasteiger partial charge in [-0.2, -0.15) is 8.42 Å². The summed E-state index contributed by atoms with van der Waals surface area (Å²) in [5, 5.41) is 30.9. The zero-order chi connectivity index (χ0) is 45.5. The molecule has 1 saturated heterocycles. The van der Waals surface area contributed by atoms with Crippen molar-refractivity contribution in [2.24, 2.45) is 0 Å². The smallest absolute Gasteiger partial charge is 0.306 e. The van der Waals surface area contributed by atoms with E-state index in [-0.39, 0.29) is 19.4 Å². The third-order valence-corrected chi connectivity index (χ3v) is 11.6. The van der Waals surface area contributed by atoms with Crippen molar-refractivity contribution in [3.05, 3.63) is 48.6 Å². The van der Waals surface area contributed by atoms with Crippen LogP contribution in [0.2, 0.25) is 0 Å². The number of hydrogen-bond donors (Lipinski definition) is 4. The molecular formula is C49H86O12S. The van der Waals surface area contributed by atoms with Gasteiger partial charge in [0, 0.05) is 12.8 Å². The Balaban J connectivity index is 2.45. The highest BCUT2D eigenvalue weighted by atomic mass is 32.2. The van der Waals surface area contributed by atoms with E-state index in [1.165, 1.54) is 89.9 Å². The lowest BCUT2D eigenvalue weighted by Crippen LogP contribution is -2.60. The lowest BCUT2D eigenvalue weighted by Gasteiger charge is -2.40. The maximum absolute atomic E-state index is 12.8. The number of ether oxygens (including phenoxy) is 4. The lowest BCUT2D eigenvalue weighted by atomic mass is 10.00. The summed E-state index contributed by atoms with van der Waals surface area (Å²) in [6.45, 7) is 3.70. The van der Waals surface area contributed by atoms with Gasteiger partial charge in [-0.25, -0.2) is 0 Å². The Morgan fingerprint density at radius 2 is 0.984 bits per heavy atom. The second-order valence-electron chi connectivity index (χ2n) is 16.8. The minimum absolute atomic E-state index is 0.146. The van der Waals surface area contributed by atoms with E-state index < -0.39 is 71.2 Å². The van der Waals surface area contributed by atoms with Gasteiger partial charge in [0.15, 0.2) is 12.4 Å². The van der Waals surface area contributed by atoms with Crippen LogP contribution in [0.15, 0.2) is 48.6 Å². The first kappa shape index (κ1) is 57.6. The van der Waals surface area contributed by atoms with E-state index >= 15 is 0 Å². The number of aliphatic hydroxyl groups is 3. The molecule has 6 atom stereocenters. The average Bonchev–Trinajstić information content (AvgIpc) is 3.24. The molecule has 0 radical (unpaired) electrons. The van der Waals surface area contributed by atoms with Gasteiger partial charge >= 0.3 is 11.9 Å². The van der Waals surface area contributed by atoms with Crippen molar-refractivity contribution < 1.29 is 56.8 Å². The summed E-state index contributed by atoms with van der Waals surface area (Å²) in [7, 11) is -4.61. The number of aliphatic hydroxyl groups excluding tert-OH is 3. The Kier molecular flexibility index (Phi) is 36.3. The Hall–Kier alpha value is -2.39. The quantitative estimate of drug-likeness (QED) is 0.0198. The molecule has 0 aliphatic carbocycles. The molecule has 0 bridgehead atoms. The maximum atomic E-state index is 12.8. The average molecular weight is 899 g/mol. The molecule has 12 nitrogen and oxygen atoms in total. The van der Waals surface area contributed by atoms with Crippen molar-refractivity contribution in [3.63, 3.8) is 0 Å². The summed E-state index contributed by atoms with van der Waals surface area (Å²) in [5.41, 5.74) is 0. The fraction of sp³-hybridized carbons (Fsp3) is 0.796. The first-order valence-electron chi connectivity index (χ1n) is 24.2. The van der Waals surface area contributed by atoms with Crippen molar-refractivity contribution >= 4 is 22.1 Å². The van der Waals surface area contributed by atoms with Crippen LogP contribution < -0.4 is 0 Å². The molecule has 2 unspecified atom stereocenters. The van der Waals surface area contributed by atoms with Crippen LogP contribution in [-0.2, 0) is 38.7 Å². The molecule has 0 aromatic heterocycles. The standard InChI is InChI=1S/C49H86O12S/c1-3-5-7-9-11-13-15-17-19-21-23-25-27-29-31-33-35-37-44(50)58-39-42(40-59-49-48(54)47(53)46(52)43(61-49)41-62(55,56)57)60-45(51)38-36-34-32-30-28-26-24-22-20-18-16-14-12-10-8-6-4-2/h12,14,18,20,23,25,29,31,42-43,46-49,52-54H,3-11,13,15-17,19,21-22,24,26-28,30,32-41H2,1-2H3,(H,55,56,57)/b14-12+,20-18+,25-23+,31-29+/t42-,43-,46-,47?,48?,49+/m1/s1. The largest absolute Gasteiger partial charge is 0.462 e. The fourth-order valence-corrected chi connectivity index (χ4v) is 7.79. The Morgan fingerprint density at radius 1 is 0.548 bits per heavy atom. The molecule has 1 fully saturated rings. The fourth-order valence-electron chi connectivity index (χ4n) is 7.10. The first-order chi connectivity index (χ1) is 30.0. The van der Waals surface area contributed by atoms with Gasteiger partial charge in [0.2, 0.25) is 0 Å². The van der Waals surface area contributed by atoms with E-state index in [4.69, 9.17) is 18.9 Å². The molecule has 1 heterocycles. The summed E-state index contributed by atoms with van der Waals surface area (Å²) in [6.07, 6.45) is 37.3. The van der Waals surface area contributed by atoms with Crippen LogP contribution >= 0.6 is 0 Å². The Labute approximate surface area is 375 Å². The molecule has 62 heavy (non-hydrogen) atoms. The van der Waals surface area contributed by atoms with Gasteiger partial charge in [-0.1, -0.05) is 159 Å².